The van der Waals surface area contributed by atoms with Crippen molar-refractivity contribution in [3.8, 4) is 0 Å². The van der Waals surface area contributed by atoms with Crippen LogP contribution in [0.15, 0.2) is 48.5 Å². The summed E-state index contributed by atoms with van der Waals surface area (Å²) >= 11 is 0. The summed E-state index contributed by atoms with van der Waals surface area (Å²) in [6.45, 7) is 2.10. The van der Waals surface area contributed by atoms with Crippen LogP contribution in [-0.4, -0.2) is 27.9 Å². The number of carboxylic acids is 1. The molecule has 3 N–H and O–H groups in total. The van der Waals surface area contributed by atoms with Gasteiger partial charge in [-0.25, -0.2) is 0 Å². The zero-order chi connectivity index (χ0) is 19.8. The third kappa shape index (κ3) is 6.10. The van der Waals surface area contributed by atoms with E-state index in [1.165, 1.54) is 18.2 Å². The third-order valence-electron chi connectivity index (χ3n) is 3.95. The van der Waals surface area contributed by atoms with E-state index in [1.807, 2.05) is 30.3 Å². The predicted octanol–water partition coefficient (Wildman–Crippen LogP) is 3.19. The second kappa shape index (κ2) is 9.33. The molecule has 0 fully saturated rings. The molecule has 0 saturated heterocycles. The lowest BCUT2D eigenvalue weighted by Gasteiger charge is -2.13. The number of hydrogen-bond donors (Lipinski definition) is 3. The molecule has 27 heavy (non-hydrogen) atoms. The Bertz CT molecular complexity index is 823. The number of nitrogens with one attached hydrogen (secondary N) is 2. The highest BCUT2D eigenvalue weighted by molar-refractivity contribution is 5.95. The number of nitro benzene ring substituents is 1. The molecule has 0 aromatic heterocycles. The molecule has 0 bridgehead atoms. The van der Waals surface area contributed by atoms with Gasteiger partial charge in [0.1, 0.15) is 5.69 Å². The molecule has 0 aliphatic carbocycles. The van der Waals surface area contributed by atoms with Crippen molar-refractivity contribution in [2.24, 2.45) is 0 Å². The minimum atomic E-state index is -0.944. The van der Waals surface area contributed by atoms with Crippen molar-refractivity contribution in [1.29, 1.82) is 0 Å². The largest absolute Gasteiger partial charge is 0.481 e. The molecular weight excluding hydrogens is 350 g/mol. The Kier molecular flexibility index (Phi) is 6.87. The van der Waals surface area contributed by atoms with Crippen LogP contribution in [0.3, 0.4) is 0 Å². The van der Waals surface area contributed by atoms with Crippen molar-refractivity contribution < 1.29 is 19.6 Å². The number of nitro groups is 1. The van der Waals surface area contributed by atoms with Crippen molar-refractivity contribution in [1.82, 2.24) is 5.32 Å². The summed E-state index contributed by atoms with van der Waals surface area (Å²) in [5.74, 6) is -1.42. The van der Waals surface area contributed by atoms with Crippen LogP contribution in [0.2, 0.25) is 0 Å². The fraction of sp³-hybridized carbons (Fsp3) is 0.263. The second-order valence-corrected chi connectivity index (χ2v) is 6.14. The minimum Gasteiger partial charge on any atom is -0.481 e. The Morgan fingerprint density at radius 1 is 1.19 bits per heavy atom. The topological polar surface area (TPSA) is 122 Å². The standard InChI is InChI=1S/C19H21N3O5/c1-13(7-10-18(23)24)21-19(25)15-8-9-16(17(11-15)22(26)27)20-12-14-5-3-2-4-6-14/h2-6,8-9,11,13,20H,7,10,12H2,1H3,(H,21,25)(H,23,24). The van der Waals surface area contributed by atoms with Crippen molar-refractivity contribution in [3.05, 3.63) is 69.8 Å². The summed E-state index contributed by atoms with van der Waals surface area (Å²) in [6, 6.07) is 13.3. The predicted molar refractivity (Wildman–Crippen MR) is 101 cm³/mol. The second-order valence-electron chi connectivity index (χ2n) is 6.14. The molecule has 0 spiro atoms. The molecule has 142 valence electrons. The highest BCUT2D eigenvalue weighted by Crippen LogP contribution is 2.26. The maximum absolute atomic E-state index is 12.3. The molecule has 2 aromatic rings. The van der Waals surface area contributed by atoms with Crippen LogP contribution in [0.25, 0.3) is 0 Å². The molecule has 0 saturated carbocycles. The van der Waals surface area contributed by atoms with Crippen molar-refractivity contribution in [2.75, 3.05) is 5.32 Å². The van der Waals surface area contributed by atoms with E-state index in [0.717, 1.165) is 5.56 Å². The Morgan fingerprint density at radius 3 is 2.52 bits per heavy atom. The van der Waals surface area contributed by atoms with Gasteiger partial charge in [-0.2, -0.15) is 0 Å². The fourth-order valence-corrected chi connectivity index (χ4v) is 2.49. The Labute approximate surface area is 156 Å². The molecule has 8 heteroatoms. The maximum atomic E-state index is 12.3. The van der Waals surface area contributed by atoms with E-state index >= 15 is 0 Å². The van der Waals surface area contributed by atoms with Gasteiger partial charge in [0, 0.05) is 30.6 Å². The molecule has 1 unspecified atom stereocenters. The number of rotatable bonds is 9. The van der Waals surface area contributed by atoms with Gasteiger partial charge in [0.05, 0.1) is 4.92 Å². The highest BCUT2D eigenvalue weighted by atomic mass is 16.6. The molecule has 8 nitrogen and oxygen atoms in total. The number of nitrogens with zero attached hydrogens (tertiary/aromatic N) is 1. The van der Waals surface area contributed by atoms with Crippen LogP contribution >= 0.6 is 0 Å². The van der Waals surface area contributed by atoms with Crippen molar-refractivity contribution in [2.45, 2.75) is 32.4 Å². The van der Waals surface area contributed by atoms with E-state index in [9.17, 15) is 19.7 Å². The normalized spacial score (nSPS) is 11.4. The molecule has 2 rings (SSSR count). The molecule has 1 amide bonds. The van der Waals surface area contributed by atoms with E-state index in [0.29, 0.717) is 12.2 Å². The van der Waals surface area contributed by atoms with Crippen molar-refractivity contribution in [3.63, 3.8) is 0 Å². The lowest BCUT2D eigenvalue weighted by atomic mass is 10.1. The Balaban J connectivity index is 2.08. The summed E-state index contributed by atoms with van der Waals surface area (Å²) in [5.41, 5.74) is 1.24. The molecule has 1 atom stereocenters. The third-order valence-corrected chi connectivity index (χ3v) is 3.95. The van der Waals surface area contributed by atoms with Crippen molar-refractivity contribution >= 4 is 23.3 Å². The molecule has 0 radical (unpaired) electrons. The van der Waals surface area contributed by atoms with E-state index in [1.54, 1.807) is 6.92 Å². The van der Waals surface area contributed by atoms with Gasteiger partial charge >= 0.3 is 5.97 Å². The number of amides is 1. The monoisotopic (exact) mass is 371 g/mol. The smallest absolute Gasteiger partial charge is 0.303 e. The average molecular weight is 371 g/mol. The van der Waals surface area contributed by atoms with Crippen LogP contribution in [0.4, 0.5) is 11.4 Å². The van der Waals surface area contributed by atoms with Crippen LogP contribution in [0.5, 0.6) is 0 Å². The maximum Gasteiger partial charge on any atom is 0.303 e. The first-order chi connectivity index (χ1) is 12.9. The van der Waals surface area contributed by atoms with E-state index in [-0.39, 0.29) is 30.1 Å². The van der Waals surface area contributed by atoms with Gasteiger partial charge in [-0.05, 0) is 31.0 Å². The van der Waals surface area contributed by atoms with Crippen LogP contribution < -0.4 is 10.6 Å². The van der Waals surface area contributed by atoms with Gasteiger partial charge < -0.3 is 15.7 Å². The Morgan fingerprint density at radius 2 is 1.89 bits per heavy atom. The highest BCUT2D eigenvalue weighted by Gasteiger charge is 2.18. The van der Waals surface area contributed by atoms with E-state index in [4.69, 9.17) is 5.11 Å². The minimum absolute atomic E-state index is 0.0655. The first-order valence-electron chi connectivity index (χ1n) is 8.45. The lowest BCUT2D eigenvalue weighted by molar-refractivity contribution is -0.384. The summed E-state index contributed by atoms with van der Waals surface area (Å²) in [6.07, 6.45) is 0.212. The Hall–Kier alpha value is -3.42. The molecule has 2 aromatic carbocycles. The summed E-state index contributed by atoms with van der Waals surface area (Å²) in [4.78, 5) is 33.7. The lowest BCUT2D eigenvalue weighted by Crippen LogP contribution is -2.33. The zero-order valence-corrected chi connectivity index (χ0v) is 14.8. The molecule has 0 aliphatic heterocycles. The van der Waals surface area contributed by atoms with Gasteiger partial charge in [0.15, 0.2) is 0 Å². The van der Waals surface area contributed by atoms with E-state index < -0.39 is 16.8 Å². The van der Waals surface area contributed by atoms with Crippen LogP contribution in [-0.2, 0) is 11.3 Å². The number of carboxylic acid groups (broad SMARTS) is 1. The fourth-order valence-electron chi connectivity index (χ4n) is 2.49. The van der Waals surface area contributed by atoms with Crippen LogP contribution in [0, 0.1) is 10.1 Å². The van der Waals surface area contributed by atoms with Gasteiger partial charge in [0.25, 0.3) is 11.6 Å². The summed E-state index contributed by atoms with van der Waals surface area (Å²) in [5, 5.41) is 25.7. The summed E-state index contributed by atoms with van der Waals surface area (Å²) < 4.78 is 0. The average Bonchev–Trinajstić information content (AvgIpc) is 2.65. The number of hydrogen-bond acceptors (Lipinski definition) is 5. The number of benzene rings is 2. The first kappa shape index (κ1) is 19.9. The molecule has 0 aliphatic rings. The van der Waals surface area contributed by atoms with Gasteiger partial charge in [-0.1, -0.05) is 30.3 Å². The first-order valence-corrected chi connectivity index (χ1v) is 8.45. The van der Waals surface area contributed by atoms with Gasteiger partial charge in [0.2, 0.25) is 0 Å². The number of anilines is 1. The molecular formula is C19H21N3O5. The van der Waals surface area contributed by atoms with Crippen LogP contribution in [0.1, 0.15) is 35.7 Å². The zero-order valence-electron chi connectivity index (χ0n) is 14.8. The molecule has 0 heterocycles. The SMILES string of the molecule is CC(CCC(=O)O)NC(=O)c1ccc(NCc2ccccc2)c([N+](=O)[O-])c1. The quantitative estimate of drug-likeness (QED) is 0.460. The number of aliphatic carboxylic acids is 1. The van der Waals surface area contributed by atoms with E-state index in [2.05, 4.69) is 10.6 Å². The van der Waals surface area contributed by atoms with Gasteiger partial charge in [-0.3, -0.25) is 19.7 Å². The summed E-state index contributed by atoms with van der Waals surface area (Å²) in [7, 11) is 0. The number of carbonyl (C=O) groups excluding carboxylic acids is 1. The van der Waals surface area contributed by atoms with Gasteiger partial charge in [-0.15, -0.1) is 0 Å². The number of carbonyl (C=O) groups is 2.